The zero-order valence-corrected chi connectivity index (χ0v) is 6.98. The number of hydrogen-bond acceptors (Lipinski definition) is 4. The Morgan fingerprint density at radius 3 is 2.54 bits per heavy atom. The topological polar surface area (TPSA) is 61.0 Å². The van der Waals surface area contributed by atoms with E-state index >= 15 is 0 Å². The molecule has 0 radical (unpaired) electrons. The van der Waals surface area contributed by atoms with Gasteiger partial charge in [-0.25, -0.2) is 14.4 Å². The number of aromatic nitrogens is 2. The summed E-state index contributed by atoms with van der Waals surface area (Å²) in [4.78, 5) is 7.35. The zero-order chi connectivity index (χ0) is 9.26. The Balaban J connectivity index is 1.91. The summed E-state index contributed by atoms with van der Waals surface area (Å²) in [5.74, 6) is -0.460. The minimum Gasteiger partial charge on any atom is -0.460 e. The Kier molecular flexibility index (Phi) is 2.10. The van der Waals surface area contributed by atoms with Crippen LogP contribution in [0.25, 0.3) is 0 Å². The lowest BCUT2D eigenvalue weighted by atomic mass is 9.90. The fourth-order valence-electron chi connectivity index (χ4n) is 1.21. The van der Waals surface area contributed by atoms with Crippen LogP contribution in [0.5, 0.6) is 6.01 Å². The van der Waals surface area contributed by atoms with Crippen LogP contribution in [0, 0.1) is 5.82 Å². The number of nitrogens with two attached hydrogens (primary N) is 1. The molecule has 4 nitrogen and oxygen atoms in total. The van der Waals surface area contributed by atoms with Crippen molar-refractivity contribution in [2.45, 2.75) is 25.0 Å². The van der Waals surface area contributed by atoms with Gasteiger partial charge in [0.1, 0.15) is 6.10 Å². The van der Waals surface area contributed by atoms with Crippen LogP contribution in [-0.4, -0.2) is 22.1 Å². The SMILES string of the molecule is NC1CC(Oc2ncc(F)cn2)C1. The van der Waals surface area contributed by atoms with Gasteiger partial charge < -0.3 is 10.5 Å². The standard InChI is InChI=1S/C8H10FN3O/c9-5-3-11-8(12-4-5)13-7-1-6(10)2-7/h3-4,6-7H,1-2,10H2. The molecule has 0 aromatic carbocycles. The highest BCUT2D eigenvalue weighted by Gasteiger charge is 2.28. The first kappa shape index (κ1) is 8.37. The third kappa shape index (κ3) is 1.92. The van der Waals surface area contributed by atoms with E-state index in [0.29, 0.717) is 0 Å². The van der Waals surface area contributed by atoms with Gasteiger partial charge in [0.15, 0.2) is 5.82 Å². The van der Waals surface area contributed by atoms with E-state index in [-0.39, 0.29) is 18.2 Å². The average Bonchev–Trinajstić information content (AvgIpc) is 2.06. The minimum atomic E-state index is -0.460. The minimum absolute atomic E-state index is 0.0976. The molecule has 1 fully saturated rings. The molecule has 1 aromatic rings. The highest BCUT2D eigenvalue weighted by molar-refractivity contribution is 4.98. The van der Waals surface area contributed by atoms with E-state index in [0.717, 1.165) is 25.2 Å². The molecule has 0 amide bonds. The Morgan fingerprint density at radius 1 is 1.38 bits per heavy atom. The molecule has 0 bridgehead atoms. The third-order valence-electron chi connectivity index (χ3n) is 2.00. The molecule has 0 atom stereocenters. The van der Waals surface area contributed by atoms with Crippen LogP contribution in [0.4, 0.5) is 4.39 Å². The first-order chi connectivity index (χ1) is 6.24. The van der Waals surface area contributed by atoms with Gasteiger partial charge >= 0.3 is 6.01 Å². The van der Waals surface area contributed by atoms with Crippen molar-refractivity contribution in [2.75, 3.05) is 0 Å². The summed E-state index contributed by atoms with van der Waals surface area (Å²) in [6.45, 7) is 0. The molecular formula is C8H10FN3O. The molecule has 1 heterocycles. The first-order valence-corrected chi connectivity index (χ1v) is 4.14. The van der Waals surface area contributed by atoms with Crippen LogP contribution in [0.2, 0.25) is 0 Å². The molecule has 70 valence electrons. The van der Waals surface area contributed by atoms with Gasteiger partial charge in [-0.1, -0.05) is 0 Å². The van der Waals surface area contributed by atoms with E-state index in [1.165, 1.54) is 0 Å². The quantitative estimate of drug-likeness (QED) is 0.724. The van der Waals surface area contributed by atoms with Crippen molar-refractivity contribution in [3.05, 3.63) is 18.2 Å². The maximum atomic E-state index is 12.4. The van der Waals surface area contributed by atoms with Gasteiger partial charge in [-0.3, -0.25) is 0 Å². The van der Waals surface area contributed by atoms with Crippen LogP contribution in [-0.2, 0) is 0 Å². The molecule has 2 rings (SSSR count). The fraction of sp³-hybridized carbons (Fsp3) is 0.500. The average molecular weight is 183 g/mol. The predicted octanol–water partition coefficient (Wildman–Crippen LogP) is 0.484. The van der Waals surface area contributed by atoms with E-state index in [4.69, 9.17) is 10.5 Å². The van der Waals surface area contributed by atoms with Gasteiger partial charge in [0.05, 0.1) is 12.4 Å². The van der Waals surface area contributed by atoms with E-state index in [2.05, 4.69) is 9.97 Å². The summed E-state index contributed by atoms with van der Waals surface area (Å²) in [6.07, 6.45) is 3.91. The number of rotatable bonds is 2. The van der Waals surface area contributed by atoms with Gasteiger partial charge in [0.2, 0.25) is 0 Å². The number of halogens is 1. The van der Waals surface area contributed by atoms with Crippen molar-refractivity contribution in [2.24, 2.45) is 5.73 Å². The molecule has 1 aliphatic carbocycles. The molecule has 0 saturated heterocycles. The molecule has 13 heavy (non-hydrogen) atoms. The molecule has 0 aliphatic heterocycles. The largest absolute Gasteiger partial charge is 0.460 e. The Bertz CT molecular complexity index is 284. The summed E-state index contributed by atoms with van der Waals surface area (Å²) < 4.78 is 17.7. The maximum absolute atomic E-state index is 12.4. The van der Waals surface area contributed by atoms with Gasteiger partial charge in [-0.05, 0) is 12.8 Å². The summed E-state index contributed by atoms with van der Waals surface area (Å²) in [5, 5.41) is 0. The van der Waals surface area contributed by atoms with E-state index in [9.17, 15) is 4.39 Å². The van der Waals surface area contributed by atoms with Crippen LogP contribution < -0.4 is 10.5 Å². The number of ether oxygens (including phenoxy) is 1. The Hall–Kier alpha value is -1.23. The molecule has 0 unspecified atom stereocenters. The summed E-state index contributed by atoms with van der Waals surface area (Å²) in [7, 11) is 0. The van der Waals surface area contributed by atoms with Crippen molar-refractivity contribution in [1.82, 2.24) is 9.97 Å². The predicted molar refractivity (Wildman–Crippen MR) is 43.6 cm³/mol. The van der Waals surface area contributed by atoms with Crippen LogP contribution in [0.1, 0.15) is 12.8 Å². The van der Waals surface area contributed by atoms with Crippen molar-refractivity contribution in [3.8, 4) is 6.01 Å². The van der Waals surface area contributed by atoms with Gasteiger partial charge in [0.25, 0.3) is 0 Å². The van der Waals surface area contributed by atoms with Gasteiger partial charge in [0, 0.05) is 6.04 Å². The van der Waals surface area contributed by atoms with Crippen LogP contribution in [0.3, 0.4) is 0 Å². The second kappa shape index (κ2) is 3.26. The van der Waals surface area contributed by atoms with Crippen molar-refractivity contribution >= 4 is 0 Å². The molecule has 1 saturated carbocycles. The lowest BCUT2D eigenvalue weighted by molar-refractivity contribution is 0.0901. The van der Waals surface area contributed by atoms with E-state index < -0.39 is 5.82 Å². The summed E-state index contributed by atoms with van der Waals surface area (Å²) in [6, 6.07) is 0.448. The highest BCUT2D eigenvalue weighted by atomic mass is 19.1. The van der Waals surface area contributed by atoms with Crippen LogP contribution in [0.15, 0.2) is 12.4 Å². The number of nitrogens with zero attached hydrogens (tertiary/aromatic N) is 2. The summed E-state index contributed by atoms with van der Waals surface area (Å²) in [5.41, 5.74) is 5.57. The lowest BCUT2D eigenvalue weighted by Gasteiger charge is -2.31. The monoisotopic (exact) mass is 183 g/mol. The van der Waals surface area contributed by atoms with E-state index in [1.54, 1.807) is 0 Å². The molecule has 5 heteroatoms. The van der Waals surface area contributed by atoms with Crippen molar-refractivity contribution < 1.29 is 9.13 Å². The molecular weight excluding hydrogens is 173 g/mol. The lowest BCUT2D eigenvalue weighted by Crippen LogP contribution is -2.43. The summed E-state index contributed by atoms with van der Waals surface area (Å²) >= 11 is 0. The van der Waals surface area contributed by atoms with E-state index in [1.807, 2.05) is 0 Å². The highest BCUT2D eigenvalue weighted by Crippen LogP contribution is 2.21. The molecule has 1 aromatic heterocycles. The first-order valence-electron chi connectivity index (χ1n) is 4.14. The fourth-order valence-corrected chi connectivity index (χ4v) is 1.21. The van der Waals surface area contributed by atoms with Gasteiger partial charge in [-0.2, -0.15) is 0 Å². The van der Waals surface area contributed by atoms with Crippen molar-refractivity contribution in [1.29, 1.82) is 0 Å². The van der Waals surface area contributed by atoms with Crippen molar-refractivity contribution in [3.63, 3.8) is 0 Å². The Labute approximate surface area is 74.9 Å². The maximum Gasteiger partial charge on any atom is 0.316 e. The third-order valence-corrected chi connectivity index (χ3v) is 2.00. The smallest absolute Gasteiger partial charge is 0.316 e. The zero-order valence-electron chi connectivity index (χ0n) is 6.98. The van der Waals surface area contributed by atoms with Crippen LogP contribution >= 0.6 is 0 Å². The second-order valence-corrected chi connectivity index (χ2v) is 3.16. The second-order valence-electron chi connectivity index (χ2n) is 3.16. The Morgan fingerprint density at radius 2 is 2.00 bits per heavy atom. The van der Waals surface area contributed by atoms with Gasteiger partial charge in [-0.15, -0.1) is 0 Å². The molecule has 0 spiro atoms. The number of hydrogen-bond donors (Lipinski definition) is 1. The normalized spacial score (nSPS) is 26.6. The molecule has 1 aliphatic rings. The molecule has 2 N–H and O–H groups in total.